The average Bonchev–Trinajstić information content (AvgIpc) is 2.62. The molecule has 2 aromatic rings. The summed E-state index contributed by atoms with van der Waals surface area (Å²) in [6.45, 7) is 4.24. The van der Waals surface area contributed by atoms with E-state index in [0.717, 1.165) is 0 Å². The maximum atomic E-state index is 12.2. The van der Waals surface area contributed by atoms with Crippen molar-refractivity contribution in [3.05, 3.63) is 64.8 Å². The van der Waals surface area contributed by atoms with E-state index in [-0.39, 0.29) is 5.78 Å². The number of carbonyl (C=O) groups is 1. The predicted octanol–water partition coefficient (Wildman–Crippen LogP) is 5.29. The summed E-state index contributed by atoms with van der Waals surface area (Å²) in [5.74, 6) is 1.44. The molecule has 0 fully saturated rings. The van der Waals surface area contributed by atoms with Crippen molar-refractivity contribution >= 4 is 23.1 Å². The Kier molecular flexibility index (Phi) is 6.48. The maximum Gasteiger partial charge on any atom is 0.187 e. The first kappa shape index (κ1) is 18.9. The lowest BCUT2D eigenvalue weighted by Gasteiger charge is -2.11. The number of benzene rings is 2. The quantitative estimate of drug-likeness (QED) is 0.539. The first-order valence-corrected chi connectivity index (χ1v) is 8.33. The van der Waals surface area contributed by atoms with Gasteiger partial charge in [-0.15, -0.1) is 0 Å². The maximum absolute atomic E-state index is 12.2. The number of ether oxygens (including phenoxy) is 2. The van der Waals surface area contributed by atoms with E-state index in [1.165, 1.54) is 18.7 Å². The number of methoxy groups -OCH3 is 2. The summed E-state index contributed by atoms with van der Waals surface area (Å²) in [5.41, 5.74) is 2.50. The molecule has 0 aliphatic carbocycles. The van der Waals surface area contributed by atoms with E-state index in [0.29, 0.717) is 33.7 Å². The van der Waals surface area contributed by atoms with Crippen LogP contribution in [0.25, 0.3) is 0 Å². The van der Waals surface area contributed by atoms with Gasteiger partial charge in [-0.1, -0.05) is 49.7 Å². The van der Waals surface area contributed by atoms with Crippen molar-refractivity contribution in [2.24, 2.45) is 0 Å². The Labute approximate surface area is 153 Å². The van der Waals surface area contributed by atoms with Crippen molar-refractivity contribution < 1.29 is 14.3 Å². The molecule has 0 amide bonds. The van der Waals surface area contributed by atoms with Crippen LogP contribution in [0, 0.1) is 0 Å². The fourth-order valence-corrected chi connectivity index (χ4v) is 2.54. The Morgan fingerprint density at radius 3 is 2.28 bits per heavy atom. The van der Waals surface area contributed by atoms with E-state index in [1.54, 1.807) is 25.4 Å². The van der Waals surface area contributed by atoms with Gasteiger partial charge < -0.3 is 14.8 Å². The van der Waals surface area contributed by atoms with E-state index < -0.39 is 0 Å². The van der Waals surface area contributed by atoms with Crippen molar-refractivity contribution in [2.75, 3.05) is 19.5 Å². The first-order chi connectivity index (χ1) is 12.0. The molecule has 0 aliphatic rings. The number of anilines is 1. The lowest BCUT2D eigenvalue weighted by atomic mass is 10.0. The minimum absolute atomic E-state index is 0.0808. The minimum atomic E-state index is -0.0808. The van der Waals surface area contributed by atoms with Crippen LogP contribution in [0.4, 0.5) is 5.69 Å². The van der Waals surface area contributed by atoms with Gasteiger partial charge in [-0.2, -0.15) is 0 Å². The fraction of sp³-hybridized carbons (Fsp3) is 0.250. The van der Waals surface area contributed by atoms with Gasteiger partial charge >= 0.3 is 0 Å². The molecular weight excluding hydrogens is 338 g/mol. The van der Waals surface area contributed by atoms with E-state index in [2.05, 4.69) is 19.2 Å². The highest BCUT2D eigenvalue weighted by molar-refractivity contribution is 6.32. The smallest absolute Gasteiger partial charge is 0.187 e. The Bertz CT molecular complexity index is 767. The number of hydrogen-bond donors (Lipinski definition) is 1. The van der Waals surface area contributed by atoms with Crippen LogP contribution < -0.4 is 14.8 Å². The molecule has 0 spiro atoms. The molecule has 0 unspecified atom stereocenters. The van der Waals surface area contributed by atoms with Gasteiger partial charge in [0.2, 0.25) is 0 Å². The summed E-state index contributed by atoms with van der Waals surface area (Å²) in [5, 5.41) is 3.49. The summed E-state index contributed by atoms with van der Waals surface area (Å²) in [6, 6.07) is 11.0. The Balaban J connectivity index is 2.11. The van der Waals surface area contributed by atoms with Gasteiger partial charge in [0.25, 0.3) is 0 Å². The predicted molar refractivity (Wildman–Crippen MR) is 102 cm³/mol. The van der Waals surface area contributed by atoms with Gasteiger partial charge in [0.05, 0.1) is 24.9 Å². The lowest BCUT2D eigenvalue weighted by molar-refractivity contribution is 0.104. The molecule has 5 heteroatoms. The van der Waals surface area contributed by atoms with Gasteiger partial charge in [0.1, 0.15) is 11.5 Å². The van der Waals surface area contributed by atoms with Crippen molar-refractivity contribution in [3.63, 3.8) is 0 Å². The van der Waals surface area contributed by atoms with Gasteiger partial charge in [0.15, 0.2) is 5.78 Å². The number of nitrogens with one attached hydrogen (secondary N) is 1. The van der Waals surface area contributed by atoms with Crippen LogP contribution in [0.3, 0.4) is 0 Å². The van der Waals surface area contributed by atoms with Gasteiger partial charge in [-0.05, 0) is 11.5 Å². The van der Waals surface area contributed by atoms with Crippen molar-refractivity contribution in [1.29, 1.82) is 0 Å². The number of hydrogen-bond acceptors (Lipinski definition) is 4. The summed E-state index contributed by atoms with van der Waals surface area (Å²) >= 11 is 6.07. The summed E-state index contributed by atoms with van der Waals surface area (Å²) < 4.78 is 10.5. The zero-order valence-corrected chi connectivity index (χ0v) is 15.6. The zero-order valence-electron chi connectivity index (χ0n) is 14.8. The second kappa shape index (κ2) is 8.58. The molecule has 2 rings (SSSR count). The van der Waals surface area contributed by atoms with Crippen LogP contribution >= 0.6 is 11.6 Å². The normalized spacial score (nSPS) is 11.0. The van der Waals surface area contributed by atoms with E-state index in [9.17, 15) is 4.79 Å². The zero-order chi connectivity index (χ0) is 18.4. The van der Waals surface area contributed by atoms with E-state index in [4.69, 9.17) is 21.1 Å². The third kappa shape index (κ3) is 4.77. The SMILES string of the molecule is COc1cc(NC=CC(=O)c2ccc(C(C)C)cc2)c(OC)cc1Cl. The molecule has 132 valence electrons. The standard InChI is InChI=1S/C20H22ClNO3/c1-13(2)14-5-7-15(8-6-14)18(23)9-10-22-17-12-19(24-3)16(21)11-20(17)25-4/h5-13,22H,1-4H3. The molecule has 1 N–H and O–H groups in total. The van der Waals surface area contributed by atoms with Crippen LogP contribution in [0.2, 0.25) is 5.02 Å². The third-order valence-corrected chi connectivity index (χ3v) is 4.10. The van der Waals surface area contributed by atoms with Gasteiger partial charge in [-0.25, -0.2) is 0 Å². The molecule has 0 atom stereocenters. The largest absolute Gasteiger partial charge is 0.495 e. The number of allylic oxidation sites excluding steroid dienone is 1. The molecule has 0 aromatic heterocycles. The minimum Gasteiger partial charge on any atom is -0.495 e. The van der Waals surface area contributed by atoms with Crippen molar-refractivity contribution in [2.45, 2.75) is 19.8 Å². The highest BCUT2D eigenvalue weighted by Gasteiger charge is 2.09. The average molecular weight is 360 g/mol. The number of rotatable bonds is 7. The third-order valence-electron chi connectivity index (χ3n) is 3.81. The van der Waals surface area contributed by atoms with Crippen LogP contribution in [0.5, 0.6) is 11.5 Å². The van der Waals surface area contributed by atoms with Gasteiger partial charge in [-0.3, -0.25) is 4.79 Å². The first-order valence-electron chi connectivity index (χ1n) is 7.95. The van der Waals surface area contributed by atoms with E-state index in [1.807, 2.05) is 24.3 Å². The second-order valence-corrected chi connectivity index (χ2v) is 6.21. The number of ketones is 1. The van der Waals surface area contributed by atoms with Crippen LogP contribution in [0.1, 0.15) is 35.7 Å². The van der Waals surface area contributed by atoms with Crippen LogP contribution in [-0.2, 0) is 0 Å². The monoisotopic (exact) mass is 359 g/mol. The molecule has 25 heavy (non-hydrogen) atoms. The van der Waals surface area contributed by atoms with Crippen LogP contribution in [0.15, 0.2) is 48.7 Å². The summed E-state index contributed by atoms with van der Waals surface area (Å²) in [4.78, 5) is 12.2. The topological polar surface area (TPSA) is 47.6 Å². The highest BCUT2D eigenvalue weighted by atomic mass is 35.5. The van der Waals surface area contributed by atoms with Crippen molar-refractivity contribution in [3.8, 4) is 11.5 Å². The lowest BCUT2D eigenvalue weighted by Crippen LogP contribution is -1.99. The second-order valence-electron chi connectivity index (χ2n) is 5.81. The summed E-state index contributed by atoms with van der Waals surface area (Å²) in [6.07, 6.45) is 3.05. The Morgan fingerprint density at radius 2 is 1.72 bits per heavy atom. The van der Waals surface area contributed by atoms with Crippen LogP contribution in [-0.4, -0.2) is 20.0 Å². The molecule has 2 aromatic carbocycles. The molecule has 0 aliphatic heterocycles. The molecule has 0 heterocycles. The molecule has 0 radical (unpaired) electrons. The Morgan fingerprint density at radius 1 is 1.08 bits per heavy atom. The molecular formula is C20H22ClNO3. The van der Waals surface area contributed by atoms with E-state index >= 15 is 0 Å². The Hall–Kier alpha value is -2.46. The van der Waals surface area contributed by atoms with Crippen molar-refractivity contribution in [1.82, 2.24) is 0 Å². The molecule has 0 bridgehead atoms. The molecule has 4 nitrogen and oxygen atoms in total. The molecule has 0 saturated heterocycles. The summed E-state index contributed by atoms with van der Waals surface area (Å²) in [7, 11) is 3.09. The number of halogens is 1. The highest BCUT2D eigenvalue weighted by Crippen LogP contribution is 2.35. The fourth-order valence-electron chi connectivity index (χ4n) is 2.31. The number of carbonyl (C=O) groups excluding carboxylic acids is 1. The van der Waals surface area contributed by atoms with Gasteiger partial charge in [0, 0.05) is 30.0 Å². The molecule has 0 saturated carbocycles.